The van der Waals surface area contributed by atoms with Crippen LogP contribution in [-0.4, -0.2) is 4.98 Å². The highest BCUT2D eigenvalue weighted by Crippen LogP contribution is 2.39. The molecule has 1 heterocycles. The number of anilines is 1. The van der Waals surface area contributed by atoms with Crippen molar-refractivity contribution in [2.24, 2.45) is 0 Å². The molecule has 4 rings (SSSR count). The highest BCUT2D eigenvalue weighted by molar-refractivity contribution is 5.98. The van der Waals surface area contributed by atoms with Crippen molar-refractivity contribution in [1.82, 2.24) is 4.98 Å². The molecule has 0 atom stereocenters. The lowest BCUT2D eigenvalue weighted by molar-refractivity contribution is -0.136. The Labute approximate surface area is 160 Å². The van der Waals surface area contributed by atoms with Gasteiger partial charge in [0, 0.05) is 17.3 Å². The van der Waals surface area contributed by atoms with E-state index in [0.29, 0.717) is 17.5 Å². The number of pyridine rings is 1. The molecule has 0 amide bonds. The van der Waals surface area contributed by atoms with E-state index in [1.807, 2.05) is 36.4 Å². The van der Waals surface area contributed by atoms with E-state index in [9.17, 15) is 13.2 Å². The Hall–Kier alpha value is -3.34. The SMILES string of the molecule is Nc1cccc(-c2c(Cc3ccccc3)cnc3c(C(F)(F)F)cccc23)c1. The molecule has 0 radical (unpaired) electrons. The predicted molar refractivity (Wildman–Crippen MR) is 106 cm³/mol. The second-order valence-electron chi connectivity index (χ2n) is 6.65. The molecule has 5 heteroatoms. The Kier molecular flexibility index (Phi) is 4.51. The van der Waals surface area contributed by atoms with Gasteiger partial charge in [0.05, 0.1) is 11.1 Å². The van der Waals surface area contributed by atoms with Gasteiger partial charge in [0.25, 0.3) is 0 Å². The van der Waals surface area contributed by atoms with Crippen molar-refractivity contribution in [2.75, 3.05) is 5.73 Å². The van der Waals surface area contributed by atoms with E-state index in [1.165, 1.54) is 6.07 Å². The molecule has 1 aromatic heterocycles. The molecule has 28 heavy (non-hydrogen) atoms. The van der Waals surface area contributed by atoms with E-state index < -0.39 is 11.7 Å². The van der Waals surface area contributed by atoms with Gasteiger partial charge in [-0.25, -0.2) is 0 Å². The summed E-state index contributed by atoms with van der Waals surface area (Å²) in [4.78, 5) is 4.20. The number of rotatable bonds is 3. The zero-order chi connectivity index (χ0) is 19.7. The van der Waals surface area contributed by atoms with Crippen molar-refractivity contribution in [3.63, 3.8) is 0 Å². The fraction of sp³-hybridized carbons (Fsp3) is 0.0870. The molecule has 0 aliphatic carbocycles. The lowest BCUT2D eigenvalue weighted by atomic mass is 9.91. The summed E-state index contributed by atoms with van der Waals surface area (Å²) in [7, 11) is 0. The lowest BCUT2D eigenvalue weighted by Crippen LogP contribution is -2.07. The van der Waals surface area contributed by atoms with Crippen LogP contribution in [0.1, 0.15) is 16.7 Å². The van der Waals surface area contributed by atoms with Crippen LogP contribution in [0.25, 0.3) is 22.0 Å². The zero-order valence-corrected chi connectivity index (χ0v) is 14.9. The Balaban J connectivity index is 2.00. The van der Waals surface area contributed by atoms with Gasteiger partial charge in [-0.1, -0.05) is 54.6 Å². The van der Waals surface area contributed by atoms with Crippen molar-refractivity contribution in [2.45, 2.75) is 12.6 Å². The first kappa shape index (κ1) is 18.0. The van der Waals surface area contributed by atoms with Crippen molar-refractivity contribution in [3.8, 4) is 11.1 Å². The first-order chi connectivity index (χ1) is 13.4. The molecule has 0 aliphatic heterocycles. The number of nitrogens with zero attached hydrogens (tertiary/aromatic N) is 1. The van der Waals surface area contributed by atoms with Gasteiger partial charge >= 0.3 is 6.18 Å². The minimum absolute atomic E-state index is 0.0516. The number of nitrogens with two attached hydrogens (primary N) is 1. The topological polar surface area (TPSA) is 38.9 Å². The van der Waals surface area contributed by atoms with Gasteiger partial charge in [-0.3, -0.25) is 4.98 Å². The second kappa shape index (κ2) is 7.00. The average Bonchev–Trinajstić information content (AvgIpc) is 2.67. The molecule has 2 N–H and O–H groups in total. The average molecular weight is 378 g/mol. The minimum atomic E-state index is -4.47. The molecule has 0 spiro atoms. The Morgan fingerprint density at radius 3 is 2.32 bits per heavy atom. The molecule has 0 bridgehead atoms. The van der Waals surface area contributed by atoms with E-state index >= 15 is 0 Å². The van der Waals surface area contributed by atoms with Gasteiger partial charge in [0.2, 0.25) is 0 Å². The number of aromatic nitrogens is 1. The quantitative estimate of drug-likeness (QED) is 0.438. The van der Waals surface area contributed by atoms with E-state index in [4.69, 9.17) is 5.73 Å². The van der Waals surface area contributed by atoms with Gasteiger partial charge in [0.1, 0.15) is 0 Å². The molecule has 0 aliphatic rings. The first-order valence-corrected chi connectivity index (χ1v) is 8.81. The van der Waals surface area contributed by atoms with Crippen LogP contribution in [0, 0.1) is 0 Å². The van der Waals surface area contributed by atoms with Crippen molar-refractivity contribution >= 4 is 16.6 Å². The number of hydrogen-bond acceptors (Lipinski definition) is 2. The van der Waals surface area contributed by atoms with Crippen LogP contribution in [-0.2, 0) is 12.6 Å². The standard InChI is InChI=1S/C23H17F3N2/c24-23(25,26)20-11-5-10-19-21(16-8-4-9-18(27)13-16)17(14-28-22(19)20)12-15-6-2-1-3-7-15/h1-11,13-14H,12,27H2. The summed E-state index contributed by atoms with van der Waals surface area (Å²) in [6, 6.07) is 21.1. The van der Waals surface area contributed by atoms with Gasteiger partial charge in [-0.2, -0.15) is 13.2 Å². The zero-order valence-electron chi connectivity index (χ0n) is 14.9. The molecule has 3 aromatic carbocycles. The summed E-state index contributed by atoms with van der Waals surface area (Å²) in [6.07, 6.45) is -2.37. The molecule has 0 saturated carbocycles. The largest absolute Gasteiger partial charge is 0.418 e. The monoisotopic (exact) mass is 378 g/mol. The molecule has 140 valence electrons. The van der Waals surface area contributed by atoms with Crippen LogP contribution in [0.5, 0.6) is 0 Å². The summed E-state index contributed by atoms with van der Waals surface area (Å²) >= 11 is 0. The van der Waals surface area contributed by atoms with Crippen LogP contribution < -0.4 is 5.73 Å². The number of alkyl halides is 3. The van der Waals surface area contributed by atoms with E-state index in [-0.39, 0.29) is 5.52 Å². The highest BCUT2D eigenvalue weighted by Gasteiger charge is 2.33. The Morgan fingerprint density at radius 2 is 1.61 bits per heavy atom. The molecule has 0 fully saturated rings. The normalized spacial score (nSPS) is 11.7. The highest BCUT2D eigenvalue weighted by atomic mass is 19.4. The third kappa shape index (κ3) is 3.43. The number of hydrogen-bond donors (Lipinski definition) is 1. The summed E-state index contributed by atoms with van der Waals surface area (Å²) in [5, 5.41) is 0.467. The number of benzene rings is 3. The second-order valence-corrected chi connectivity index (χ2v) is 6.65. The lowest BCUT2D eigenvalue weighted by Gasteiger charge is -2.16. The molecular formula is C23H17F3N2. The van der Waals surface area contributed by atoms with Gasteiger partial charge in [-0.15, -0.1) is 0 Å². The van der Waals surface area contributed by atoms with Gasteiger partial charge in [0.15, 0.2) is 0 Å². The van der Waals surface area contributed by atoms with E-state index in [2.05, 4.69) is 4.98 Å². The fourth-order valence-corrected chi connectivity index (χ4v) is 3.48. The van der Waals surface area contributed by atoms with Crippen LogP contribution in [0.15, 0.2) is 79.0 Å². The predicted octanol–water partition coefficient (Wildman–Crippen LogP) is 6.09. The molecule has 0 unspecified atom stereocenters. The van der Waals surface area contributed by atoms with Crippen molar-refractivity contribution < 1.29 is 13.2 Å². The van der Waals surface area contributed by atoms with Crippen molar-refractivity contribution in [3.05, 3.63) is 95.7 Å². The van der Waals surface area contributed by atoms with Gasteiger partial charge < -0.3 is 5.73 Å². The summed E-state index contributed by atoms with van der Waals surface area (Å²) in [6.45, 7) is 0. The molecular weight excluding hydrogens is 361 g/mol. The number of fused-ring (bicyclic) bond motifs is 1. The smallest absolute Gasteiger partial charge is 0.399 e. The maximum atomic E-state index is 13.5. The minimum Gasteiger partial charge on any atom is -0.399 e. The van der Waals surface area contributed by atoms with E-state index in [0.717, 1.165) is 28.3 Å². The maximum absolute atomic E-state index is 13.5. The fourth-order valence-electron chi connectivity index (χ4n) is 3.48. The number of para-hydroxylation sites is 1. The number of nitrogen functional groups attached to an aromatic ring is 1. The van der Waals surface area contributed by atoms with Crippen LogP contribution >= 0.6 is 0 Å². The van der Waals surface area contributed by atoms with Crippen LogP contribution in [0.4, 0.5) is 18.9 Å². The summed E-state index contributed by atoms with van der Waals surface area (Å²) < 4.78 is 40.5. The van der Waals surface area contributed by atoms with Crippen LogP contribution in [0.2, 0.25) is 0 Å². The van der Waals surface area contributed by atoms with Crippen molar-refractivity contribution in [1.29, 1.82) is 0 Å². The summed E-state index contributed by atoms with van der Waals surface area (Å²) in [5.41, 5.74) is 9.13. The van der Waals surface area contributed by atoms with Crippen LogP contribution in [0.3, 0.4) is 0 Å². The maximum Gasteiger partial charge on any atom is 0.418 e. The molecule has 0 saturated heterocycles. The number of halogens is 3. The summed E-state index contributed by atoms with van der Waals surface area (Å²) in [5.74, 6) is 0. The Bertz CT molecular complexity index is 1140. The Morgan fingerprint density at radius 1 is 0.857 bits per heavy atom. The van der Waals surface area contributed by atoms with Gasteiger partial charge in [-0.05, 0) is 46.9 Å². The van der Waals surface area contributed by atoms with E-state index in [1.54, 1.807) is 30.5 Å². The first-order valence-electron chi connectivity index (χ1n) is 8.81. The third-order valence-electron chi connectivity index (χ3n) is 4.69. The third-order valence-corrected chi connectivity index (χ3v) is 4.69. The molecule has 2 nitrogen and oxygen atoms in total. The molecule has 4 aromatic rings.